The summed E-state index contributed by atoms with van der Waals surface area (Å²) < 4.78 is 5.76. The van der Waals surface area contributed by atoms with E-state index in [1.54, 1.807) is 0 Å². The fourth-order valence-corrected chi connectivity index (χ4v) is 6.65. The van der Waals surface area contributed by atoms with Gasteiger partial charge in [-0.3, -0.25) is 9.59 Å². The number of Topliss-reactive ketones (excluding diaryl/α,β-unsaturated/α-hetero) is 1. The fourth-order valence-electron chi connectivity index (χ4n) is 6.65. The fraction of sp³-hybridized carbons (Fsp3) is 0.833. The molecule has 162 valence electrons. The molecule has 5 nitrogen and oxygen atoms in total. The summed E-state index contributed by atoms with van der Waals surface area (Å²) in [6.45, 7) is 3.85. The molecule has 0 bridgehead atoms. The van der Waals surface area contributed by atoms with Crippen LogP contribution in [0.1, 0.15) is 71.6 Å². The number of esters is 1. The number of carbonyl (C=O) groups excluding carboxylic acids is 2. The Labute approximate surface area is 173 Å². The summed E-state index contributed by atoms with van der Waals surface area (Å²) in [6, 6.07) is 0. The van der Waals surface area contributed by atoms with Gasteiger partial charge in [-0.2, -0.15) is 0 Å². The Hall–Kier alpha value is -1.20. The molecule has 0 radical (unpaired) electrons. The Kier molecular flexibility index (Phi) is 6.17. The van der Waals surface area contributed by atoms with Crippen molar-refractivity contribution in [1.29, 1.82) is 0 Å². The first-order valence-corrected chi connectivity index (χ1v) is 11.7. The Morgan fingerprint density at radius 1 is 1.07 bits per heavy atom. The van der Waals surface area contributed by atoms with Crippen molar-refractivity contribution in [1.82, 2.24) is 0 Å². The molecule has 0 aromatic rings. The SMILES string of the molecule is CC[C@H]1CCC[C@H](O)[C@@H](C)C(=O)C2=C[C@H]3[C@@H]4C[C@H](O)C[C@H]4CC[C@H]3[C@@H]2CC(=O)O1. The van der Waals surface area contributed by atoms with Gasteiger partial charge in [0.15, 0.2) is 5.78 Å². The van der Waals surface area contributed by atoms with Crippen LogP contribution in [0.25, 0.3) is 0 Å². The zero-order valence-electron chi connectivity index (χ0n) is 17.8. The van der Waals surface area contributed by atoms with Crippen LogP contribution in [-0.4, -0.2) is 40.3 Å². The molecular formula is C24H36O5. The Morgan fingerprint density at radius 3 is 2.62 bits per heavy atom. The van der Waals surface area contributed by atoms with Gasteiger partial charge in [0.1, 0.15) is 6.10 Å². The van der Waals surface area contributed by atoms with Gasteiger partial charge in [0.25, 0.3) is 0 Å². The van der Waals surface area contributed by atoms with Crippen LogP contribution in [0.5, 0.6) is 0 Å². The first kappa shape index (κ1) is 21.0. The van der Waals surface area contributed by atoms with Crippen molar-refractivity contribution >= 4 is 11.8 Å². The maximum Gasteiger partial charge on any atom is 0.306 e. The minimum Gasteiger partial charge on any atom is -0.462 e. The third-order valence-electron chi connectivity index (χ3n) is 8.31. The highest BCUT2D eigenvalue weighted by atomic mass is 16.5. The van der Waals surface area contributed by atoms with Crippen LogP contribution in [0.15, 0.2) is 11.6 Å². The minimum absolute atomic E-state index is 0.00686. The van der Waals surface area contributed by atoms with Crippen molar-refractivity contribution in [2.45, 2.75) is 89.9 Å². The van der Waals surface area contributed by atoms with E-state index >= 15 is 0 Å². The molecule has 1 aliphatic heterocycles. The van der Waals surface area contributed by atoms with Crippen molar-refractivity contribution < 1.29 is 24.5 Å². The summed E-state index contributed by atoms with van der Waals surface area (Å²) in [5.41, 5.74) is 0.749. The predicted octanol–water partition coefficient (Wildman–Crippen LogP) is 3.42. The molecule has 29 heavy (non-hydrogen) atoms. The van der Waals surface area contributed by atoms with Gasteiger partial charge in [0.2, 0.25) is 0 Å². The molecule has 1 heterocycles. The number of ether oxygens (including phenoxy) is 1. The second-order valence-electron chi connectivity index (χ2n) is 9.97. The average molecular weight is 405 g/mol. The van der Waals surface area contributed by atoms with Gasteiger partial charge in [0, 0.05) is 11.8 Å². The zero-order chi connectivity index (χ0) is 20.7. The normalized spacial score (nSPS) is 45.9. The van der Waals surface area contributed by atoms with Crippen molar-refractivity contribution in [2.75, 3.05) is 0 Å². The van der Waals surface area contributed by atoms with E-state index in [1.165, 1.54) is 0 Å². The summed E-state index contributed by atoms with van der Waals surface area (Å²) in [5, 5.41) is 20.8. The van der Waals surface area contributed by atoms with E-state index in [1.807, 2.05) is 13.8 Å². The highest BCUT2D eigenvalue weighted by Crippen LogP contribution is 2.56. The standard InChI is InChI=1S/C24H36O5/c1-3-16-5-4-6-22(26)13(2)24(28)21-11-19-17(20(21)12-23(27)29-16)8-7-14-9-15(25)10-18(14)19/h11,13-20,22,25-26H,3-10,12H2,1-2H3/t13-,14-,15-,16+,17-,18-,19-,20+,22+/m1/s1. The average Bonchev–Trinajstić information content (AvgIpc) is 3.24. The van der Waals surface area contributed by atoms with Crippen molar-refractivity contribution in [2.24, 2.45) is 35.5 Å². The summed E-state index contributed by atoms with van der Waals surface area (Å²) in [6.07, 6.45) is 7.96. The Bertz CT molecular complexity index is 670. The molecule has 5 heteroatoms. The van der Waals surface area contributed by atoms with Crippen molar-refractivity contribution in [3.63, 3.8) is 0 Å². The van der Waals surface area contributed by atoms with Crippen LogP contribution >= 0.6 is 0 Å². The van der Waals surface area contributed by atoms with Crippen LogP contribution in [0.4, 0.5) is 0 Å². The molecule has 0 amide bonds. The molecule has 0 aromatic heterocycles. The number of allylic oxidation sites excluding steroid dienone is 2. The smallest absolute Gasteiger partial charge is 0.306 e. The molecular weight excluding hydrogens is 368 g/mol. The monoisotopic (exact) mass is 404 g/mol. The molecule has 0 unspecified atom stereocenters. The minimum atomic E-state index is -0.652. The summed E-state index contributed by atoms with van der Waals surface area (Å²) in [7, 11) is 0. The van der Waals surface area contributed by atoms with E-state index in [4.69, 9.17) is 4.74 Å². The van der Waals surface area contributed by atoms with Gasteiger partial charge >= 0.3 is 5.97 Å². The summed E-state index contributed by atoms with van der Waals surface area (Å²) in [5.74, 6) is 0.746. The van der Waals surface area contributed by atoms with Crippen LogP contribution in [0.3, 0.4) is 0 Å². The Morgan fingerprint density at radius 2 is 1.86 bits per heavy atom. The topological polar surface area (TPSA) is 83.8 Å². The number of cyclic esters (lactones) is 1. The number of ketones is 1. The lowest BCUT2D eigenvalue weighted by Gasteiger charge is -2.38. The van der Waals surface area contributed by atoms with E-state index in [-0.39, 0.29) is 48.1 Å². The number of aliphatic hydroxyl groups excluding tert-OH is 2. The molecule has 3 aliphatic carbocycles. The molecule has 0 spiro atoms. The lowest BCUT2D eigenvalue weighted by molar-refractivity contribution is -0.151. The summed E-state index contributed by atoms with van der Waals surface area (Å²) >= 11 is 0. The number of hydrogen-bond acceptors (Lipinski definition) is 5. The van der Waals surface area contributed by atoms with Crippen LogP contribution in [0, 0.1) is 35.5 Å². The second kappa shape index (κ2) is 8.50. The molecule has 4 rings (SSSR count). The highest BCUT2D eigenvalue weighted by Gasteiger charge is 2.51. The third-order valence-corrected chi connectivity index (χ3v) is 8.31. The van der Waals surface area contributed by atoms with Gasteiger partial charge in [-0.25, -0.2) is 0 Å². The number of rotatable bonds is 1. The van der Waals surface area contributed by atoms with Gasteiger partial charge in [-0.15, -0.1) is 0 Å². The van der Waals surface area contributed by atoms with E-state index in [9.17, 15) is 19.8 Å². The maximum absolute atomic E-state index is 13.4. The van der Waals surface area contributed by atoms with Gasteiger partial charge in [-0.1, -0.05) is 19.9 Å². The molecule has 3 fully saturated rings. The molecule has 2 saturated carbocycles. The van der Waals surface area contributed by atoms with Gasteiger partial charge in [-0.05, 0) is 80.6 Å². The summed E-state index contributed by atoms with van der Waals surface area (Å²) in [4.78, 5) is 26.1. The first-order valence-electron chi connectivity index (χ1n) is 11.7. The molecule has 4 aliphatic rings. The lowest BCUT2D eigenvalue weighted by atomic mass is 9.66. The van der Waals surface area contributed by atoms with E-state index < -0.39 is 12.0 Å². The van der Waals surface area contributed by atoms with E-state index in [0.29, 0.717) is 18.3 Å². The largest absolute Gasteiger partial charge is 0.462 e. The quantitative estimate of drug-likeness (QED) is 0.654. The molecule has 2 N–H and O–H groups in total. The first-order chi connectivity index (χ1) is 13.9. The molecule has 0 aromatic carbocycles. The molecule has 1 saturated heterocycles. The second-order valence-corrected chi connectivity index (χ2v) is 9.97. The maximum atomic E-state index is 13.4. The third kappa shape index (κ3) is 4.05. The van der Waals surface area contributed by atoms with Crippen LogP contribution < -0.4 is 0 Å². The van der Waals surface area contributed by atoms with E-state index in [0.717, 1.165) is 50.5 Å². The van der Waals surface area contributed by atoms with Crippen LogP contribution in [0.2, 0.25) is 0 Å². The van der Waals surface area contributed by atoms with Gasteiger partial charge < -0.3 is 14.9 Å². The molecule has 9 atom stereocenters. The zero-order valence-corrected chi connectivity index (χ0v) is 17.8. The highest BCUT2D eigenvalue weighted by molar-refractivity contribution is 5.99. The van der Waals surface area contributed by atoms with Crippen molar-refractivity contribution in [3.8, 4) is 0 Å². The number of fused-ring (bicyclic) bond motifs is 5. The Balaban J connectivity index is 1.63. The number of carbonyl (C=O) groups is 2. The van der Waals surface area contributed by atoms with Gasteiger partial charge in [0.05, 0.1) is 18.6 Å². The number of aliphatic hydroxyl groups is 2. The predicted molar refractivity (Wildman–Crippen MR) is 109 cm³/mol. The van der Waals surface area contributed by atoms with E-state index in [2.05, 4.69) is 6.08 Å². The van der Waals surface area contributed by atoms with Crippen LogP contribution in [-0.2, 0) is 14.3 Å². The lowest BCUT2D eigenvalue weighted by Crippen LogP contribution is -2.35. The number of hydrogen-bond donors (Lipinski definition) is 2. The van der Waals surface area contributed by atoms with Crippen molar-refractivity contribution in [3.05, 3.63) is 11.6 Å².